The Labute approximate surface area is 114 Å². The second-order valence-electron chi connectivity index (χ2n) is 4.43. The predicted octanol–water partition coefficient (Wildman–Crippen LogP) is 2.15. The van der Waals surface area contributed by atoms with Crippen molar-refractivity contribution in [3.63, 3.8) is 0 Å². The molecule has 0 saturated heterocycles. The molecule has 19 heavy (non-hydrogen) atoms. The fourth-order valence-electron chi connectivity index (χ4n) is 1.96. The smallest absolute Gasteiger partial charge is 0.123 e. The molecule has 2 aromatic rings. The van der Waals surface area contributed by atoms with Crippen LogP contribution in [0.5, 0.6) is 5.75 Å². The Bertz CT molecular complexity index is 508. The molecule has 1 aromatic carbocycles. The summed E-state index contributed by atoms with van der Waals surface area (Å²) in [7, 11) is 1.95. The van der Waals surface area contributed by atoms with Crippen LogP contribution in [0.2, 0.25) is 0 Å². The molecule has 0 spiro atoms. The van der Waals surface area contributed by atoms with Crippen LogP contribution in [0.1, 0.15) is 18.2 Å². The van der Waals surface area contributed by atoms with Crippen LogP contribution >= 0.6 is 0 Å². The molecule has 102 valence electrons. The number of ether oxygens (including phenoxy) is 1. The molecule has 1 heterocycles. The van der Waals surface area contributed by atoms with Crippen molar-refractivity contribution in [3.8, 4) is 5.75 Å². The molecule has 0 aliphatic heterocycles. The van der Waals surface area contributed by atoms with Crippen LogP contribution in [0.25, 0.3) is 0 Å². The Morgan fingerprint density at radius 1 is 1.26 bits per heavy atom. The standard InChI is InChI=1S/C15H21N3O/c1-3-16-12-13-6-4-5-7-15(13)19-11-9-14-8-10-17-18(14)2/h4-8,10,16H,3,9,11-12H2,1-2H3. The number of benzene rings is 1. The largest absolute Gasteiger partial charge is 0.493 e. The summed E-state index contributed by atoms with van der Waals surface area (Å²) >= 11 is 0. The van der Waals surface area contributed by atoms with Gasteiger partial charge in [-0.15, -0.1) is 0 Å². The van der Waals surface area contributed by atoms with Crippen LogP contribution < -0.4 is 10.1 Å². The zero-order valence-corrected chi connectivity index (χ0v) is 11.6. The number of aryl methyl sites for hydroxylation is 1. The molecule has 0 aliphatic rings. The molecule has 2 rings (SSSR count). The number of nitrogens with one attached hydrogen (secondary N) is 1. The lowest BCUT2D eigenvalue weighted by Gasteiger charge is -2.11. The highest BCUT2D eigenvalue weighted by Crippen LogP contribution is 2.17. The predicted molar refractivity (Wildman–Crippen MR) is 76.2 cm³/mol. The maximum Gasteiger partial charge on any atom is 0.123 e. The minimum absolute atomic E-state index is 0.669. The highest BCUT2D eigenvalue weighted by molar-refractivity contribution is 5.33. The summed E-state index contributed by atoms with van der Waals surface area (Å²) in [6.45, 7) is 4.58. The molecule has 0 amide bonds. The zero-order chi connectivity index (χ0) is 13.5. The summed E-state index contributed by atoms with van der Waals surface area (Å²) < 4.78 is 7.76. The molecule has 4 heteroatoms. The van der Waals surface area contributed by atoms with Gasteiger partial charge < -0.3 is 10.1 Å². The van der Waals surface area contributed by atoms with Crippen LogP contribution in [-0.2, 0) is 20.0 Å². The van der Waals surface area contributed by atoms with E-state index in [0.717, 1.165) is 25.3 Å². The Hall–Kier alpha value is -1.81. The van der Waals surface area contributed by atoms with Crippen molar-refractivity contribution in [2.24, 2.45) is 7.05 Å². The third-order valence-electron chi connectivity index (χ3n) is 3.08. The van der Waals surface area contributed by atoms with E-state index in [9.17, 15) is 0 Å². The third kappa shape index (κ3) is 3.83. The second kappa shape index (κ2) is 6.95. The van der Waals surface area contributed by atoms with Gasteiger partial charge in [-0.3, -0.25) is 4.68 Å². The van der Waals surface area contributed by atoms with Gasteiger partial charge in [0.05, 0.1) is 6.61 Å². The first kappa shape index (κ1) is 13.6. The van der Waals surface area contributed by atoms with Gasteiger partial charge in [0.2, 0.25) is 0 Å². The molecule has 1 N–H and O–H groups in total. The number of nitrogens with zero attached hydrogens (tertiary/aromatic N) is 2. The monoisotopic (exact) mass is 259 g/mol. The fraction of sp³-hybridized carbons (Fsp3) is 0.400. The van der Waals surface area contributed by atoms with Gasteiger partial charge in [0.25, 0.3) is 0 Å². The van der Waals surface area contributed by atoms with E-state index in [-0.39, 0.29) is 0 Å². The quantitative estimate of drug-likeness (QED) is 0.828. The van der Waals surface area contributed by atoms with Crippen molar-refractivity contribution >= 4 is 0 Å². The molecule has 0 bridgehead atoms. The highest BCUT2D eigenvalue weighted by Gasteiger charge is 2.03. The molecule has 0 radical (unpaired) electrons. The minimum Gasteiger partial charge on any atom is -0.493 e. The first-order valence-corrected chi connectivity index (χ1v) is 6.69. The molecular formula is C15H21N3O. The van der Waals surface area contributed by atoms with Crippen LogP contribution in [-0.4, -0.2) is 22.9 Å². The normalized spacial score (nSPS) is 10.6. The van der Waals surface area contributed by atoms with Gasteiger partial charge in [-0.1, -0.05) is 25.1 Å². The van der Waals surface area contributed by atoms with Gasteiger partial charge >= 0.3 is 0 Å². The van der Waals surface area contributed by atoms with E-state index in [2.05, 4.69) is 23.4 Å². The van der Waals surface area contributed by atoms with Crippen molar-refractivity contribution in [3.05, 3.63) is 47.8 Å². The number of hydrogen-bond donors (Lipinski definition) is 1. The van der Waals surface area contributed by atoms with E-state index < -0.39 is 0 Å². The number of hydrogen-bond acceptors (Lipinski definition) is 3. The van der Waals surface area contributed by atoms with Gasteiger partial charge in [0, 0.05) is 37.5 Å². The molecule has 0 atom stereocenters. The third-order valence-corrected chi connectivity index (χ3v) is 3.08. The maximum atomic E-state index is 5.88. The molecule has 0 fully saturated rings. The Morgan fingerprint density at radius 3 is 2.84 bits per heavy atom. The Kier molecular flexibility index (Phi) is 4.98. The SMILES string of the molecule is CCNCc1ccccc1OCCc1ccnn1C. The summed E-state index contributed by atoms with van der Waals surface area (Å²) in [6, 6.07) is 10.2. The maximum absolute atomic E-state index is 5.88. The van der Waals surface area contributed by atoms with Gasteiger partial charge in [-0.2, -0.15) is 5.10 Å². The molecule has 1 aromatic heterocycles. The number of para-hydroxylation sites is 1. The summed E-state index contributed by atoms with van der Waals surface area (Å²) in [5.41, 5.74) is 2.39. The van der Waals surface area contributed by atoms with Gasteiger partial charge in [-0.05, 0) is 18.7 Å². The molecule has 0 aliphatic carbocycles. The van der Waals surface area contributed by atoms with Crippen LogP contribution in [0.3, 0.4) is 0 Å². The Balaban J connectivity index is 1.90. The minimum atomic E-state index is 0.669. The summed E-state index contributed by atoms with van der Waals surface area (Å²) in [6.07, 6.45) is 2.68. The highest BCUT2D eigenvalue weighted by atomic mass is 16.5. The van der Waals surface area contributed by atoms with E-state index in [1.165, 1.54) is 11.3 Å². The molecule has 0 unspecified atom stereocenters. The topological polar surface area (TPSA) is 39.1 Å². The summed E-state index contributed by atoms with van der Waals surface area (Å²) in [4.78, 5) is 0. The van der Waals surface area contributed by atoms with Crippen molar-refractivity contribution in [2.75, 3.05) is 13.2 Å². The average molecular weight is 259 g/mol. The van der Waals surface area contributed by atoms with Gasteiger partial charge in [0.15, 0.2) is 0 Å². The summed E-state index contributed by atoms with van der Waals surface area (Å²) in [5.74, 6) is 0.964. The van der Waals surface area contributed by atoms with Crippen LogP contribution in [0.4, 0.5) is 0 Å². The first-order valence-electron chi connectivity index (χ1n) is 6.69. The van der Waals surface area contributed by atoms with E-state index in [4.69, 9.17) is 4.74 Å². The van der Waals surface area contributed by atoms with Gasteiger partial charge in [-0.25, -0.2) is 0 Å². The lowest BCUT2D eigenvalue weighted by Crippen LogP contribution is -2.13. The van der Waals surface area contributed by atoms with Gasteiger partial charge in [0.1, 0.15) is 5.75 Å². The van der Waals surface area contributed by atoms with Crippen molar-refractivity contribution < 1.29 is 4.74 Å². The van der Waals surface area contributed by atoms with Crippen molar-refractivity contribution in [1.29, 1.82) is 0 Å². The number of rotatable bonds is 7. The second-order valence-corrected chi connectivity index (χ2v) is 4.43. The fourth-order valence-corrected chi connectivity index (χ4v) is 1.96. The molecular weight excluding hydrogens is 238 g/mol. The van der Waals surface area contributed by atoms with Crippen molar-refractivity contribution in [1.82, 2.24) is 15.1 Å². The number of aromatic nitrogens is 2. The lowest BCUT2D eigenvalue weighted by molar-refractivity contribution is 0.314. The molecule has 0 saturated carbocycles. The first-order chi connectivity index (χ1) is 9.31. The summed E-state index contributed by atoms with van der Waals surface area (Å²) in [5, 5.41) is 7.48. The zero-order valence-electron chi connectivity index (χ0n) is 11.6. The van der Waals surface area contributed by atoms with Crippen LogP contribution in [0.15, 0.2) is 36.5 Å². The average Bonchev–Trinajstić information content (AvgIpc) is 2.83. The van der Waals surface area contributed by atoms with Crippen molar-refractivity contribution in [2.45, 2.75) is 19.9 Å². The van der Waals surface area contributed by atoms with E-state index in [1.54, 1.807) is 0 Å². The molecule has 4 nitrogen and oxygen atoms in total. The lowest BCUT2D eigenvalue weighted by atomic mass is 10.2. The van der Waals surface area contributed by atoms with E-state index >= 15 is 0 Å². The van der Waals surface area contributed by atoms with E-state index in [0.29, 0.717) is 6.61 Å². The van der Waals surface area contributed by atoms with Crippen LogP contribution in [0, 0.1) is 0 Å². The Morgan fingerprint density at radius 2 is 2.11 bits per heavy atom. The van der Waals surface area contributed by atoms with E-state index in [1.807, 2.05) is 42.2 Å².